The molecule has 0 bridgehead atoms. The second-order valence-corrected chi connectivity index (χ2v) is 4.95. The van der Waals surface area contributed by atoms with E-state index in [0.29, 0.717) is 18.0 Å². The van der Waals surface area contributed by atoms with E-state index < -0.39 is 0 Å². The molecule has 0 saturated carbocycles. The standard InChI is InChI=1S/C16H20N2O4/c1-10-13(11(2)22-18-10)9-17-16(19)8-12-5-6-14(20-3)15(7-12)21-4/h5-7H,8-9H2,1-4H3,(H,17,19). The highest BCUT2D eigenvalue weighted by atomic mass is 16.5. The minimum Gasteiger partial charge on any atom is -0.493 e. The molecule has 0 aliphatic heterocycles. The van der Waals surface area contributed by atoms with Gasteiger partial charge in [-0.15, -0.1) is 0 Å². The zero-order valence-electron chi connectivity index (χ0n) is 13.2. The third-order valence-electron chi connectivity index (χ3n) is 3.46. The van der Waals surface area contributed by atoms with Gasteiger partial charge in [-0.05, 0) is 31.5 Å². The van der Waals surface area contributed by atoms with Gasteiger partial charge in [-0.25, -0.2) is 0 Å². The van der Waals surface area contributed by atoms with Crippen molar-refractivity contribution in [3.63, 3.8) is 0 Å². The first kappa shape index (κ1) is 15.9. The number of ether oxygens (including phenoxy) is 2. The maximum atomic E-state index is 12.1. The molecule has 0 radical (unpaired) electrons. The largest absolute Gasteiger partial charge is 0.493 e. The van der Waals surface area contributed by atoms with Crippen LogP contribution in [0.5, 0.6) is 11.5 Å². The number of hydrogen-bond acceptors (Lipinski definition) is 5. The van der Waals surface area contributed by atoms with Crippen LogP contribution in [-0.4, -0.2) is 25.3 Å². The Kier molecular flexibility index (Phi) is 5.04. The van der Waals surface area contributed by atoms with Gasteiger partial charge in [0.15, 0.2) is 11.5 Å². The van der Waals surface area contributed by atoms with Gasteiger partial charge in [0.1, 0.15) is 5.76 Å². The number of amides is 1. The first-order valence-electron chi connectivity index (χ1n) is 6.94. The molecule has 1 amide bonds. The number of aryl methyl sites for hydroxylation is 2. The molecule has 1 heterocycles. The maximum absolute atomic E-state index is 12.1. The highest BCUT2D eigenvalue weighted by Crippen LogP contribution is 2.27. The molecule has 0 aliphatic rings. The van der Waals surface area contributed by atoms with E-state index in [1.165, 1.54) is 0 Å². The molecule has 118 valence electrons. The lowest BCUT2D eigenvalue weighted by molar-refractivity contribution is -0.120. The fourth-order valence-electron chi connectivity index (χ4n) is 2.18. The molecule has 2 aromatic rings. The number of hydrogen-bond donors (Lipinski definition) is 1. The number of nitrogens with zero attached hydrogens (tertiary/aromatic N) is 1. The topological polar surface area (TPSA) is 73.6 Å². The van der Waals surface area contributed by atoms with Crippen LogP contribution in [0.2, 0.25) is 0 Å². The van der Waals surface area contributed by atoms with E-state index in [-0.39, 0.29) is 12.3 Å². The molecule has 0 aliphatic carbocycles. The van der Waals surface area contributed by atoms with Crippen molar-refractivity contribution in [3.8, 4) is 11.5 Å². The van der Waals surface area contributed by atoms with Crippen molar-refractivity contribution < 1.29 is 18.8 Å². The molecule has 0 unspecified atom stereocenters. The van der Waals surface area contributed by atoms with Crippen LogP contribution in [0.1, 0.15) is 22.6 Å². The van der Waals surface area contributed by atoms with Gasteiger partial charge in [0.25, 0.3) is 0 Å². The van der Waals surface area contributed by atoms with Gasteiger partial charge >= 0.3 is 0 Å². The third-order valence-corrected chi connectivity index (χ3v) is 3.46. The van der Waals surface area contributed by atoms with Crippen LogP contribution in [0.4, 0.5) is 0 Å². The van der Waals surface area contributed by atoms with Gasteiger partial charge in [0.2, 0.25) is 5.91 Å². The predicted octanol–water partition coefficient (Wildman–Crippen LogP) is 2.17. The van der Waals surface area contributed by atoms with Crippen molar-refractivity contribution in [2.45, 2.75) is 26.8 Å². The van der Waals surface area contributed by atoms with Crippen LogP contribution >= 0.6 is 0 Å². The summed E-state index contributed by atoms with van der Waals surface area (Å²) in [7, 11) is 3.15. The number of benzene rings is 1. The monoisotopic (exact) mass is 304 g/mol. The van der Waals surface area contributed by atoms with Gasteiger partial charge < -0.3 is 19.3 Å². The lowest BCUT2D eigenvalue weighted by Crippen LogP contribution is -2.25. The molecule has 0 saturated heterocycles. The summed E-state index contributed by atoms with van der Waals surface area (Å²) in [5, 5.41) is 6.73. The molecule has 1 aromatic carbocycles. The lowest BCUT2D eigenvalue weighted by Gasteiger charge is -2.10. The average molecular weight is 304 g/mol. The quantitative estimate of drug-likeness (QED) is 0.885. The SMILES string of the molecule is COc1ccc(CC(=O)NCc2c(C)noc2C)cc1OC. The van der Waals surface area contributed by atoms with Crippen molar-refractivity contribution in [3.05, 3.63) is 40.8 Å². The third kappa shape index (κ3) is 3.58. The molecule has 2 rings (SSSR count). The lowest BCUT2D eigenvalue weighted by atomic mass is 10.1. The molecular formula is C16H20N2O4. The Morgan fingerprint density at radius 2 is 1.95 bits per heavy atom. The van der Waals surface area contributed by atoms with Crippen LogP contribution < -0.4 is 14.8 Å². The van der Waals surface area contributed by atoms with E-state index >= 15 is 0 Å². The molecule has 1 aromatic heterocycles. The van der Waals surface area contributed by atoms with Crippen LogP contribution in [0.25, 0.3) is 0 Å². The highest BCUT2D eigenvalue weighted by molar-refractivity contribution is 5.78. The Morgan fingerprint density at radius 1 is 1.23 bits per heavy atom. The van der Waals surface area contributed by atoms with E-state index in [2.05, 4.69) is 10.5 Å². The van der Waals surface area contributed by atoms with Crippen molar-refractivity contribution in [1.29, 1.82) is 0 Å². The molecule has 6 nitrogen and oxygen atoms in total. The van der Waals surface area contributed by atoms with Gasteiger partial charge in [0, 0.05) is 12.1 Å². The Labute approximate surface area is 129 Å². The van der Waals surface area contributed by atoms with Gasteiger partial charge in [0.05, 0.1) is 26.3 Å². The molecule has 22 heavy (non-hydrogen) atoms. The summed E-state index contributed by atoms with van der Waals surface area (Å²) < 4.78 is 15.5. The summed E-state index contributed by atoms with van der Waals surface area (Å²) in [5.41, 5.74) is 2.57. The fraction of sp³-hybridized carbons (Fsp3) is 0.375. The average Bonchev–Trinajstić information content (AvgIpc) is 2.83. The van der Waals surface area contributed by atoms with E-state index in [1.54, 1.807) is 26.4 Å². The second-order valence-electron chi connectivity index (χ2n) is 4.95. The Bertz CT molecular complexity index is 645. The van der Waals surface area contributed by atoms with Crippen molar-refractivity contribution in [2.24, 2.45) is 0 Å². The molecule has 0 fully saturated rings. The van der Waals surface area contributed by atoms with Crippen molar-refractivity contribution >= 4 is 5.91 Å². The summed E-state index contributed by atoms with van der Waals surface area (Å²) in [6.07, 6.45) is 0.268. The fourth-order valence-corrected chi connectivity index (χ4v) is 2.18. The minimum atomic E-state index is -0.0766. The summed E-state index contributed by atoms with van der Waals surface area (Å²) in [4.78, 5) is 12.1. The predicted molar refractivity (Wildman–Crippen MR) is 81.1 cm³/mol. The van der Waals surface area contributed by atoms with Crippen LogP contribution in [0.3, 0.4) is 0 Å². The maximum Gasteiger partial charge on any atom is 0.224 e. The van der Waals surface area contributed by atoms with Gasteiger partial charge in [-0.3, -0.25) is 4.79 Å². The summed E-state index contributed by atoms with van der Waals surface area (Å²) in [5.74, 6) is 1.90. The minimum absolute atomic E-state index is 0.0766. The number of methoxy groups -OCH3 is 2. The molecule has 6 heteroatoms. The molecular weight excluding hydrogens is 284 g/mol. The Balaban J connectivity index is 1.97. The zero-order valence-corrected chi connectivity index (χ0v) is 13.2. The second kappa shape index (κ2) is 6.98. The smallest absolute Gasteiger partial charge is 0.224 e. The van der Waals surface area contributed by atoms with Crippen molar-refractivity contribution in [1.82, 2.24) is 10.5 Å². The van der Waals surface area contributed by atoms with E-state index in [4.69, 9.17) is 14.0 Å². The number of rotatable bonds is 6. The number of carbonyl (C=O) groups excluding carboxylic acids is 1. The number of aromatic nitrogens is 1. The molecule has 1 N–H and O–H groups in total. The highest BCUT2D eigenvalue weighted by Gasteiger charge is 2.12. The van der Waals surface area contributed by atoms with E-state index in [1.807, 2.05) is 19.9 Å². The Morgan fingerprint density at radius 3 is 2.55 bits per heavy atom. The molecule has 0 atom stereocenters. The van der Waals surface area contributed by atoms with Gasteiger partial charge in [-0.1, -0.05) is 11.2 Å². The van der Waals surface area contributed by atoms with E-state index in [9.17, 15) is 4.79 Å². The Hall–Kier alpha value is -2.50. The first-order chi connectivity index (χ1) is 10.5. The van der Waals surface area contributed by atoms with Crippen LogP contribution in [0.15, 0.2) is 22.7 Å². The number of nitrogens with one attached hydrogen (secondary N) is 1. The van der Waals surface area contributed by atoms with Crippen LogP contribution in [-0.2, 0) is 17.8 Å². The molecule has 0 spiro atoms. The van der Waals surface area contributed by atoms with Gasteiger partial charge in [-0.2, -0.15) is 0 Å². The summed E-state index contributed by atoms with van der Waals surface area (Å²) in [6.45, 7) is 4.09. The zero-order chi connectivity index (χ0) is 16.1. The van der Waals surface area contributed by atoms with Crippen molar-refractivity contribution in [2.75, 3.05) is 14.2 Å². The van der Waals surface area contributed by atoms with E-state index in [0.717, 1.165) is 22.6 Å². The summed E-state index contributed by atoms with van der Waals surface area (Å²) in [6, 6.07) is 5.43. The van der Waals surface area contributed by atoms with Crippen LogP contribution in [0, 0.1) is 13.8 Å². The normalized spacial score (nSPS) is 10.4. The number of carbonyl (C=O) groups is 1. The first-order valence-corrected chi connectivity index (χ1v) is 6.94. The summed E-state index contributed by atoms with van der Waals surface area (Å²) >= 11 is 0.